The fourth-order valence-electron chi connectivity index (χ4n) is 8.01. The quantitative estimate of drug-likeness (QED) is 0.195. The van der Waals surface area contributed by atoms with Crippen LogP contribution in [0.2, 0.25) is 0 Å². The van der Waals surface area contributed by atoms with Gasteiger partial charge in [0.2, 0.25) is 17.7 Å². The molecule has 5 rings (SSSR count). The van der Waals surface area contributed by atoms with Crippen LogP contribution in [0.3, 0.4) is 0 Å². The number of fused-ring (bicyclic) bond motifs is 1. The second-order valence-corrected chi connectivity index (χ2v) is 13.5. The van der Waals surface area contributed by atoms with Crippen molar-refractivity contribution >= 4 is 23.7 Å². The number of esters is 1. The maximum atomic E-state index is 14.5. The Labute approximate surface area is 289 Å². The highest BCUT2D eigenvalue weighted by atomic mass is 16.6. The average molecular weight is 681 g/mol. The van der Waals surface area contributed by atoms with Crippen molar-refractivity contribution in [2.45, 2.75) is 68.9 Å². The van der Waals surface area contributed by atoms with E-state index in [0.717, 1.165) is 18.7 Å². The highest BCUT2D eigenvalue weighted by Gasteiger charge is 2.75. The first-order valence-electron chi connectivity index (χ1n) is 17.6. The lowest BCUT2D eigenvalue weighted by Crippen LogP contribution is -2.57. The van der Waals surface area contributed by atoms with E-state index in [1.165, 1.54) is 4.90 Å². The van der Waals surface area contributed by atoms with Gasteiger partial charge in [-0.1, -0.05) is 42.5 Å². The predicted octanol–water partition coefficient (Wildman–Crippen LogP) is 2.19. The van der Waals surface area contributed by atoms with Crippen molar-refractivity contribution in [2.24, 2.45) is 11.8 Å². The molecule has 1 aromatic carbocycles. The Morgan fingerprint density at radius 1 is 1.14 bits per heavy atom. The van der Waals surface area contributed by atoms with Crippen LogP contribution in [0.5, 0.6) is 0 Å². The highest BCUT2D eigenvalue weighted by Crippen LogP contribution is 2.59. The minimum absolute atomic E-state index is 0.101. The summed E-state index contributed by atoms with van der Waals surface area (Å²) in [5.41, 5.74) is -0.469. The number of morpholine rings is 1. The Kier molecular flexibility index (Phi) is 12.3. The van der Waals surface area contributed by atoms with Crippen LogP contribution in [0.4, 0.5) is 0 Å². The number of carbonyl (C=O) groups excluding carboxylic acids is 4. The first-order valence-corrected chi connectivity index (χ1v) is 17.6. The minimum Gasteiger partial charge on any atom is -0.455 e. The molecule has 4 heterocycles. The number of allylic oxidation sites excluding steroid dienone is 1. The molecule has 4 aliphatic rings. The number of nitrogens with zero attached hydrogens (tertiary/aromatic N) is 4. The summed E-state index contributed by atoms with van der Waals surface area (Å²) in [4.78, 5) is 63.3. The van der Waals surface area contributed by atoms with Gasteiger partial charge in [-0.3, -0.25) is 24.1 Å². The molecule has 0 radical (unpaired) electrons. The largest absolute Gasteiger partial charge is 0.455 e. The molecule has 3 amide bonds. The Balaban J connectivity index is 1.41. The maximum absolute atomic E-state index is 14.5. The SMILES string of the molecule is C=CCCC(=O)N(C)[C@@H](C)[C@@H](OC(=O)[C@@H]1[C@@H]2CC[C@]3(O2)[C@H](C(=O)N(CC=C)CCN2CCOCC2)N(CCCO)C(=O)[C@@H]13)c1ccccc1. The van der Waals surface area contributed by atoms with Gasteiger partial charge in [-0.25, -0.2) is 0 Å². The second-order valence-electron chi connectivity index (χ2n) is 13.5. The number of benzene rings is 1. The van der Waals surface area contributed by atoms with Crippen molar-refractivity contribution in [2.75, 3.05) is 66.1 Å². The zero-order valence-corrected chi connectivity index (χ0v) is 28.9. The second kappa shape index (κ2) is 16.4. The summed E-state index contributed by atoms with van der Waals surface area (Å²) in [7, 11) is 1.69. The molecule has 2 bridgehead atoms. The van der Waals surface area contributed by atoms with Crippen LogP contribution >= 0.6 is 0 Å². The van der Waals surface area contributed by atoms with E-state index in [4.69, 9.17) is 14.2 Å². The van der Waals surface area contributed by atoms with Gasteiger partial charge in [-0.2, -0.15) is 0 Å². The van der Waals surface area contributed by atoms with Crippen LogP contribution in [-0.2, 0) is 33.4 Å². The number of aliphatic hydroxyl groups excluding tert-OH is 1. The Bertz CT molecular complexity index is 1350. The molecule has 0 aromatic heterocycles. The summed E-state index contributed by atoms with van der Waals surface area (Å²) in [5, 5.41) is 9.72. The van der Waals surface area contributed by atoms with E-state index in [1.807, 2.05) is 37.3 Å². The number of carbonyl (C=O) groups is 4. The number of likely N-dealkylation sites (N-methyl/N-ethyl adjacent to an activating group) is 1. The van der Waals surface area contributed by atoms with Crippen molar-refractivity contribution in [1.29, 1.82) is 0 Å². The molecule has 49 heavy (non-hydrogen) atoms. The average Bonchev–Trinajstić information content (AvgIpc) is 3.77. The van der Waals surface area contributed by atoms with Gasteiger partial charge >= 0.3 is 5.97 Å². The lowest BCUT2D eigenvalue weighted by atomic mass is 9.70. The molecule has 12 nitrogen and oxygen atoms in total. The van der Waals surface area contributed by atoms with Crippen molar-refractivity contribution in [3.05, 3.63) is 61.2 Å². The van der Waals surface area contributed by atoms with E-state index in [-0.39, 0.29) is 43.7 Å². The minimum atomic E-state index is -1.19. The molecule has 4 saturated heterocycles. The van der Waals surface area contributed by atoms with Gasteiger partial charge in [0.15, 0.2) is 0 Å². The highest BCUT2D eigenvalue weighted by molar-refractivity contribution is 5.98. The van der Waals surface area contributed by atoms with Crippen molar-refractivity contribution in [1.82, 2.24) is 19.6 Å². The van der Waals surface area contributed by atoms with E-state index >= 15 is 0 Å². The monoisotopic (exact) mass is 680 g/mol. The Morgan fingerprint density at radius 3 is 2.55 bits per heavy atom. The number of hydrogen-bond donors (Lipinski definition) is 1. The van der Waals surface area contributed by atoms with Crippen LogP contribution in [0.25, 0.3) is 0 Å². The zero-order chi connectivity index (χ0) is 35.1. The van der Waals surface area contributed by atoms with Gasteiger partial charge in [0.05, 0.1) is 37.2 Å². The summed E-state index contributed by atoms with van der Waals surface area (Å²) in [6.45, 7) is 13.7. The van der Waals surface area contributed by atoms with Crippen LogP contribution in [0.1, 0.15) is 50.7 Å². The van der Waals surface area contributed by atoms with Gasteiger partial charge in [0, 0.05) is 59.3 Å². The summed E-state index contributed by atoms with van der Waals surface area (Å²) >= 11 is 0. The number of hydrogen-bond acceptors (Lipinski definition) is 9. The molecule has 0 saturated carbocycles. The number of rotatable bonds is 17. The molecular weight excluding hydrogens is 628 g/mol. The topological polar surface area (TPSA) is 129 Å². The van der Waals surface area contributed by atoms with E-state index < -0.39 is 47.7 Å². The van der Waals surface area contributed by atoms with Gasteiger partial charge < -0.3 is 34.0 Å². The molecule has 1 aromatic rings. The van der Waals surface area contributed by atoms with E-state index in [1.54, 1.807) is 29.0 Å². The fraction of sp³-hybridized carbons (Fsp3) is 0.622. The molecule has 4 fully saturated rings. The van der Waals surface area contributed by atoms with Crippen LogP contribution in [0.15, 0.2) is 55.6 Å². The third kappa shape index (κ3) is 7.47. The van der Waals surface area contributed by atoms with Crippen molar-refractivity contribution in [3.8, 4) is 0 Å². The lowest BCUT2D eigenvalue weighted by Gasteiger charge is -2.37. The number of likely N-dealkylation sites (tertiary alicyclic amines) is 1. The third-order valence-corrected chi connectivity index (χ3v) is 10.7. The molecule has 7 atom stereocenters. The lowest BCUT2D eigenvalue weighted by molar-refractivity contribution is -0.164. The standard InChI is InChI=1S/C37H52N4O8/c1-5-7-14-29(43)38(4)26(3)32(27-12-9-8-10-13-27)48-36(46)30-28-15-16-37(49-28)31(30)34(44)41(18-11-23-42)33(37)35(45)40(17-6-2)20-19-39-21-24-47-25-22-39/h5-6,8-10,12-13,26,28,30-33,42H,1-2,7,11,14-25H2,3-4H3/t26-,28-,30+,31+,32+,33-,37+/m0/s1. The van der Waals surface area contributed by atoms with Crippen LogP contribution in [-0.4, -0.2) is 138 Å². The molecule has 0 aliphatic carbocycles. The first kappa shape index (κ1) is 36.7. The predicted molar refractivity (Wildman–Crippen MR) is 182 cm³/mol. The summed E-state index contributed by atoms with van der Waals surface area (Å²) < 4.78 is 18.4. The number of aliphatic hydroxyl groups is 1. The molecule has 268 valence electrons. The molecule has 12 heteroatoms. The molecule has 0 unspecified atom stereocenters. The Morgan fingerprint density at radius 2 is 1.88 bits per heavy atom. The zero-order valence-electron chi connectivity index (χ0n) is 28.9. The van der Waals surface area contributed by atoms with E-state index in [0.29, 0.717) is 52.1 Å². The van der Waals surface area contributed by atoms with Gasteiger partial charge in [0.1, 0.15) is 17.7 Å². The fourth-order valence-corrected chi connectivity index (χ4v) is 8.01. The third-order valence-electron chi connectivity index (χ3n) is 10.7. The smallest absolute Gasteiger partial charge is 0.313 e. The van der Waals surface area contributed by atoms with Crippen molar-refractivity contribution < 1.29 is 38.5 Å². The number of amides is 3. The van der Waals surface area contributed by atoms with Crippen molar-refractivity contribution in [3.63, 3.8) is 0 Å². The molecule has 1 spiro atoms. The summed E-state index contributed by atoms with van der Waals surface area (Å²) in [5.74, 6) is -3.08. The maximum Gasteiger partial charge on any atom is 0.313 e. The van der Waals surface area contributed by atoms with Crippen LogP contribution in [0, 0.1) is 11.8 Å². The normalized spacial score (nSPS) is 27.3. The Hall–Kier alpha value is -3.58. The van der Waals surface area contributed by atoms with Gasteiger partial charge in [-0.05, 0) is 38.2 Å². The summed E-state index contributed by atoms with van der Waals surface area (Å²) in [6.07, 6.45) is 4.03. The molecule has 1 N–H and O–H groups in total. The molecular formula is C37H52N4O8. The number of ether oxygens (including phenoxy) is 3. The van der Waals surface area contributed by atoms with Crippen LogP contribution < -0.4 is 0 Å². The molecule has 4 aliphatic heterocycles. The first-order chi connectivity index (χ1) is 23.7. The van der Waals surface area contributed by atoms with Gasteiger partial charge in [-0.15, -0.1) is 13.2 Å². The van der Waals surface area contributed by atoms with Gasteiger partial charge in [0.25, 0.3) is 0 Å². The van der Waals surface area contributed by atoms with E-state index in [9.17, 15) is 24.3 Å². The van der Waals surface area contributed by atoms with E-state index in [2.05, 4.69) is 18.1 Å². The summed E-state index contributed by atoms with van der Waals surface area (Å²) in [6, 6.07) is 7.82.